The average Bonchev–Trinajstić information content (AvgIpc) is 2.79. The second kappa shape index (κ2) is 7.73. The van der Waals surface area contributed by atoms with Crippen molar-refractivity contribution in [1.29, 1.82) is 0 Å². The standard InChI is InChI=1S/C24H23N3O2/c1-28-22-8-5-19-14-17(2-4-20(19)15-22)3-6-21-7-9-24(26-25-21)29-23-16-27-12-10-18(23)11-13-27/h2,4-5,7-9,14-15,18,23H,10-13,16H2,1H3. The number of ether oxygens (including phenoxy) is 2. The summed E-state index contributed by atoms with van der Waals surface area (Å²) in [6, 6.07) is 15.9. The van der Waals surface area contributed by atoms with E-state index in [0.717, 1.165) is 28.6 Å². The highest BCUT2D eigenvalue weighted by molar-refractivity contribution is 5.85. The Balaban J connectivity index is 1.28. The number of benzene rings is 2. The lowest BCUT2D eigenvalue weighted by molar-refractivity contribution is -0.0104. The van der Waals surface area contributed by atoms with E-state index < -0.39 is 0 Å². The number of rotatable bonds is 3. The molecule has 0 spiro atoms. The highest BCUT2D eigenvalue weighted by atomic mass is 16.5. The van der Waals surface area contributed by atoms with Gasteiger partial charge >= 0.3 is 0 Å². The summed E-state index contributed by atoms with van der Waals surface area (Å²) in [5, 5.41) is 10.7. The molecule has 29 heavy (non-hydrogen) atoms. The number of piperidine rings is 3. The van der Waals surface area contributed by atoms with E-state index in [1.54, 1.807) is 7.11 Å². The van der Waals surface area contributed by atoms with Crippen LogP contribution in [0.2, 0.25) is 0 Å². The minimum Gasteiger partial charge on any atom is -0.497 e. The molecule has 3 saturated heterocycles. The Bertz CT molecular complexity index is 1080. The highest BCUT2D eigenvalue weighted by Gasteiger charge is 2.35. The molecule has 3 aliphatic rings. The summed E-state index contributed by atoms with van der Waals surface area (Å²) in [4.78, 5) is 2.47. The molecule has 0 N–H and O–H groups in total. The highest BCUT2D eigenvalue weighted by Crippen LogP contribution is 2.30. The maximum atomic E-state index is 6.10. The number of aromatic nitrogens is 2. The van der Waals surface area contributed by atoms with Crippen molar-refractivity contribution in [2.24, 2.45) is 5.92 Å². The van der Waals surface area contributed by atoms with Crippen LogP contribution in [-0.2, 0) is 0 Å². The number of nitrogens with zero attached hydrogens (tertiary/aromatic N) is 3. The molecule has 0 radical (unpaired) electrons. The number of hydrogen-bond donors (Lipinski definition) is 0. The van der Waals surface area contributed by atoms with Gasteiger partial charge in [-0.2, -0.15) is 0 Å². The van der Waals surface area contributed by atoms with Crippen molar-refractivity contribution < 1.29 is 9.47 Å². The van der Waals surface area contributed by atoms with Crippen LogP contribution in [0.3, 0.4) is 0 Å². The summed E-state index contributed by atoms with van der Waals surface area (Å²) < 4.78 is 11.4. The van der Waals surface area contributed by atoms with Crippen LogP contribution in [0.1, 0.15) is 24.1 Å². The number of fused-ring (bicyclic) bond motifs is 4. The quantitative estimate of drug-likeness (QED) is 0.646. The Morgan fingerprint density at radius 2 is 1.76 bits per heavy atom. The Morgan fingerprint density at radius 1 is 0.931 bits per heavy atom. The van der Waals surface area contributed by atoms with Gasteiger partial charge in [0.2, 0.25) is 5.88 Å². The van der Waals surface area contributed by atoms with Crippen LogP contribution in [0, 0.1) is 17.8 Å². The monoisotopic (exact) mass is 385 g/mol. The third-order valence-electron chi connectivity index (χ3n) is 5.89. The van der Waals surface area contributed by atoms with E-state index in [-0.39, 0.29) is 6.10 Å². The molecule has 3 aliphatic heterocycles. The van der Waals surface area contributed by atoms with Crippen LogP contribution < -0.4 is 9.47 Å². The second-order valence-electron chi connectivity index (χ2n) is 7.73. The van der Waals surface area contributed by atoms with Crippen molar-refractivity contribution in [2.75, 3.05) is 26.7 Å². The molecular weight excluding hydrogens is 362 g/mol. The summed E-state index contributed by atoms with van der Waals surface area (Å²) in [7, 11) is 1.68. The van der Waals surface area contributed by atoms with Gasteiger partial charge in [0, 0.05) is 18.2 Å². The van der Waals surface area contributed by atoms with Crippen LogP contribution in [0.25, 0.3) is 10.8 Å². The summed E-state index contributed by atoms with van der Waals surface area (Å²) in [6.07, 6.45) is 2.68. The molecule has 3 aromatic rings. The zero-order valence-corrected chi connectivity index (χ0v) is 16.5. The van der Waals surface area contributed by atoms with E-state index in [9.17, 15) is 0 Å². The molecule has 6 rings (SSSR count). The molecule has 0 saturated carbocycles. The molecule has 1 unspecified atom stereocenters. The van der Waals surface area contributed by atoms with Gasteiger partial charge in [-0.05, 0) is 78.9 Å². The third-order valence-corrected chi connectivity index (χ3v) is 5.89. The second-order valence-corrected chi connectivity index (χ2v) is 7.73. The summed E-state index contributed by atoms with van der Waals surface area (Å²) in [6.45, 7) is 3.40. The van der Waals surface area contributed by atoms with E-state index >= 15 is 0 Å². The van der Waals surface area contributed by atoms with Crippen molar-refractivity contribution >= 4 is 10.8 Å². The first-order valence-corrected chi connectivity index (χ1v) is 10.1. The van der Waals surface area contributed by atoms with Crippen molar-refractivity contribution in [3.8, 4) is 23.5 Å². The van der Waals surface area contributed by atoms with Crippen LogP contribution in [0.4, 0.5) is 0 Å². The average molecular weight is 385 g/mol. The molecule has 2 bridgehead atoms. The molecule has 0 amide bonds. The molecule has 2 aromatic carbocycles. The SMILES string of the molecule is COc1ccc2cc(C#Cc3ccc(OC4CN5CCC4CC5)nn3)ccc2c1. The van der Waals surface area contributed by atoms with Gasteiger partial charge in [-0.25, -0.2) is 0 Å². The van der Waals surface area contributed by atoms with Gasteiger partial charge in [-0.3, -0.25) is 4.90 Å². The first-order valence-electron chi connectivity index (χ1n) is 10.1. The van der Waals surface area contributed by atoms with Crippen LogP contribution >= 0.6 is 0 Å². The smallest absolute Gasteiger partial charge is 0.233 e. The molecule has 3 fully saturated rings. The zero-order chi connectivity index (χ0) is 19.6. The molecule has 1 aromatic heterocycles. The van der Waals surface area contributed by atoms with E-state index in [1.165, 1.54) is 25.9 Å². The lowest BCUT2D eigenvalue weighted by atomic mass is 9.86. The fraction of sp³-hybridized carbons (Fsp3) is 0.333. The van der Waals surface area contributed by atoms with Gasteiger partial charge in [-0.1, -0.05) is 18.1 Å². The van der Waals surface area contributed by atoms with E-state index in [2.05, 4.69) is 39.1 Å². The molecular formula is C24H23N3O2. The van der Waals surface area contributed by atoms with Crippen molar-refractivity contribution in [3.63, 3.8) is 0 Å². The molecule has 5 heteroatoms. The molecule has 4 heterocycles. The Hall–Kier alpha value is -3.10. The van der Waals surface area contributed by atoms with Gasteiger partial charge in [-0.15, -0.1) is 10.2 Å². The lowest BCUT2D eigenvalue weighted by Gasteiger charge is -2.44. The van der Waals surface area contributed by atoms with Crippen molar-refractivity contribution in [3.05, 3.63) is 59.8 Å². The Morgan fingerprint density at radius 3 is 2.48 bits per heavy atom. The number of hydrogen-bond acceptors (Lipinski definition) is 5. The third kappa shape index (κ3) is 3.90. The minimum absolute atomic E-state index is 0.236. The Kier molecular flexibility index (Phi) is 4.79. The molecule has 5 nitrogen and oxygen atoms in total. The fourth-order valence-electron chi connectivity index (χ4n) is 4.21. The normalized spacial score (nSPS) is 22.7. The lowest BCUT2D eigenvalue weighted by Crippen LogP contribution is -2.52. The van der Waals surface area contributed by atoms with Gasteiger partial charge in [0.1, 0.15) is 17.5 Å². The first kappa shape index (κ1) is 18.0. The number of methoxy groups -OCH3 is 1. The van der Waals surface area contributed by atoms with Gasteiger partial charge in [0.05, 0.1) is 7.11 Å². The van der Waals surface area contributed by atoms with Crippen LogP contribution in [0.15, 0.2) is 48.5 Å². The fourth-order valence-corrected chi connectivity index (χ4v) is 4.21. The molecule has 0 aliphatic carbocycles. The van der Waals surface area contributed by atoms with Crippen LogP contribution in [-0.4, -0.2) is 47.9 Å². The Labute approximate surface area is 170 Å². The van der Waals surface area contributed by atoms with Gasteiger partial charge in [0.15, 0.2) is 0 Å². The zero-order valence-electron chi connectivity index (χ0n) is 16.5. The largest absolute Gasteiger partial charge is 0.497 e. The van der Waals surface area contributed by atoms with Gasteiger partial charge < -0.3 is 9.47 Å². The van der Waals surface area contributed by atoms with Crippen molar-refractivity contribution in [1.82, 2.24) is 15.1 Å². The predicted molar refractivity (Wildman–Crippen MR) is 112 cm³/mol. The molecule has 1 atom stereocenters. The van der Waals surface area contributed by atoms with Crippen molar-refractivity contribution in [2.45, 2.75) is 18.9 Å². The van der Waals surface area contributed by atoms with E-state index in [1.807, 2.05) is 36.4 Å². The summed E-state index contributed by atoms with van der Waals surface area (Å²) >= 11 is 0. The van der Waals surface area contributed by atoms with Gasteiger partial charge in [0.25, 0.3) is 0 Å². The predicted octanol–water partition coefficient (Wildman–Crippen LogP) is 3.51. The van der Waals surface area contributed by atoms with Crippen LogP contribution in [0.5, 0.6) is 11.6 Å². The first-order chi connectivity index (χ1) is 14.3. The maximum Gasteiger partial charge on any atom is 0.233 e. The topological polar surface area (TPSA) is 47.5 Å². The maximum absolute atomic E-state index is 6.10. The summed E-state index contributed by atoms with van der Waals surface area (Å²) in [5.41, 5.74) is 1.58. The minimum atomic E-state index is 0.236. The summed E-state index contributed by atoms with van der Waals surface area (Å²) in [5.74, 6) is 8.36. The van der Waals surface area contributed by atoms with E-state index in [0.29, 0.717) is 17.5 Å². The molecule has 146 valence electrons. The van der Waals surface area contributed by atoms with E-state index in [4.69, 9.17) is 9.47 Å².